The number of aromatic amines is 1. The van der Waals surface area contributed by atoms with Crippen molar-refractivity contribution < 1.29 is 26.0 Å². The van der Waals surface area contributed by atoms with E-state index in [-0.39, 0.29) is 12.1 Å². The van der Waals surface area contributed by atoms with E-state index in [0.717, 1.165) is 43.9 Å². The van der Waals surface area contributed by atoms with Crippen LogP contribution in [0.1, 0.15) is 49.8 Å². The molecule has 1 aliphatic carbocycles. The summed E-state index contributed by atoms with van der Waals surface area (Å²) in [6.45, 7) is -0.643. The van der Waals surface area contributed by atoms with Crippen molar-refractivity contribution in [1.29, 1.82) is 0 Å². The largest absolute Gasteiger partial charge is 0.511 e. The SMILES string of the molecule is Cn1[nH]cc1CN1c2cccc(F)c2CN(S(=O)(=O)C(F)(F)F)CC1CCC1CCCC1. The van der Waals surface area contributed by atoms with Gasteiger partial charge in [0.05, 0.1) is 12.2 Å². The quantitative estimate of drug-likeness (QED) is 0.625. The average molecular weight is 477 g/mol. The maximum absolute atomic E-state index is 14.8. The first-order chi connectivity index (χ1) is 15.1. The van der Waals surface area contributed by atoms with Crippen LogP contribution < -0.4 is 4.90 Å². The molecule has 1 N–H and O–H groups in total. The van der Waals surface area contributed by atoms with Crippen LogP contribution in [0.4, 0.5) is 23.2 Å². The number of aromatic nitrogens is 2. The van der Waals surface area contributed by atoms with Crippen LogP contribution in [0, 0.1) is 11.7 Å². The van der Waals surface area contributed by atoms with Gasteiger partial charge in [0.1, 0.15) is 5.82 Å². The maximum Gasteiger partial charge on any atom is 0.511 e. The third-order valence-corrected chi connectivity index (χ3v) is 8.34. The molecule has 0 saturated heterocycles. The fourth-order valence-electron chi connectivity index (χ4n) is 4.87. The Labute approximate surface area is 185 Å². The van der Waals surface area contributed by atoms with Crippen LogP contribution in [0.3, 0.4) is 0 Å². The zero-order chi connectivity index (χ0) is 23.1. The number of nitrogens with one attached hydrogen (secondary N) is 1. The highest BCUT2D eigenvalue weighted by Crippen LogP contribution is 2.38. The van der Waals surface area contributed by atoms with Gasteiger partial charge in [-0.1, -0.05) is 31.7 Å². The minimum atomic E-state index is -5.60. The summed E-state index contributed by atoms with van der Waals surface area (Å²) in [7, 11) is -3.79. The van der Waals surface area contributed by atoms with Crippen molar-refractivity contribution in [1.82, 2.24) is 14.1 Å². The van der Waals surface area contributed by atoms with E-state index in [4.69, 9.17) is 0 Å². The molecule has 178 valence electrons. The van der Waals surface area contributed by atoms with E-state index in [1.54, 1.807) is 16.9 Å². The second-order valence-corrected chi connectivity index (χ2v) is 10.7. The monoisotopic (exact) mass is 476 g/mol. The number of sulfonamides is 1. The molecule has 2 aliphatic rings. The Balaban J connectivity index is 1.74. The van der Waals surface area contributed by atoms with Crippen LogP contribution in [0.5, 0.6) is 0 Å². The van der Waals surface area contributed by atoms with Crippen LogP contribution >= 0.6 is 0 Å². The third-order valence-electron chi connectivity index (χ3n) is 6.80. The number of nitrogens with zero attached hydrogens (tertiary/aromatic N) is 3. The molecule has 11 heteroatoms. The summed E-state index contributed by atoms with van der Waals surface area (Å²) < 4.78 is 82.0. The summed E-state index contributed by atoms with van der Waals surface area (Å²) in [5.41, 5.74) is -4.13. The molecular weight excluding hydrogens is 448 g/mol. The Morgan fingerprint density at radius 1 is 1.16 bits per heavy atom. The lowest BCUT2D eigenvalue weighted by atomic mass is 9.97. The highest BCUT2D eigenvalue weighted by Gasteiger charge is 2.51. The number of hydrogen-bond donors (Lipinski definition) is 1. The third kappa shape index (κ3) is 4.41. The van der Waals surface area contributed by atoms with Gasteiger partial charge in [-0.25, -0.2) is 12.8 Å². The van der Waals surface area contributed by atoms with E-state index in [9.17, 15) is 26.0 Å². The first kappa shape index (κ1) is 23.2. The molecule has 1 atom stereocenters. The fourth-order valence-corrected chi connectivity index (χ4v) is 5.83. The molecule has 6 nitrogen and oxygen atoms in total. The number of benzene rings is 1. The summed E-state index contributed by atoms with van der Waals surface area (Å²) >= 11 is 0. The molecule has 1 aliphatic heterocycles. The predicted octanol–water partition coefficient (Wildman–Crippen LogP) is 4.50. The second-order valence-electron chi connectivity index (χ2n) is 8.81. The minimum Gasteiger partial charge on any atom is -0.361 e. The van der Waals surface area contributed by atoms with Crippen molar-refractivity contribution in [3.05, 3.63) is 41.5 Å². The number of fused-ring (bicyclic) bond motifs is 1. The highest BCUT2D eigenvalue weighted by molar-refractivity contribution is 7.89. The molecule has 2 heterocycles. The van der Waals surface area contributed by atoms with Gasteiger partial charge in [-0.2, -0.15) is 17.5 Å². The fraction of sp³-hybridized carbons (Fsp3) is 0.619. The maximum atomic E-state index is 14.8. The molecule has 2 aromatic rings. The smallest absolute Gasteiger partial charge is 0.361 e. The molecule has 4 rings (SSSR count). The molecule has 0 amide bonds. The van der Waals surface area contributed by atoms with Crippen molar-refractivity contribution in [2.24, 2.45) is 13.0 Å². The molecule has 1 fully saturated rings. The minimum absolute atomic E-state index is 0.0285. The Bertz CT molecular complexity index is 1040. The number of halogens is 4. The zero-order valence-corrected chi connectivity index (χ0v) is 18.7. The number of hydrogen-bond acceptors (Lipinski definition) is 3. The number of aryl methyl sites for hydroxylation is 1. The Hall–Kier alpha value is -2.01. The summed E-state index contributed by atoms with van der Waals surface area (Å²) in [6, 6.07) is 3.83. The average Bonchev–Trinajstić information content (AvgIpc) is 3.18. The van der Waals surface area contributed by atoms with Gasteiger partial charge in [-0.3, -0.25) is 4.68 Å². The van der Waals surface area contributed by atoms with Crippen LogP contribution in [-0.4, -0.2) is 40.6 Å². The van der Waals surface area contributed by atoms with E-state index in [1.807, 2.05) is 11.9 Å². The van der Waals surface area contributed by atoms with E-state index in [1.165, 1.54) is 6.07 Å². The summed E-state index contributed by atoms with van der Waals surface area (Å²) in [5.74, 6) is -0.215. The Morgan fingerprint density at radius 3 is 2.47 bits per heavy atom. The molecule has 0 spiro atoms. The van der Waals surface area contributed by atoms with Gasteiger partial charge in [-0.05, 0) is 30.9 Å². The van der Waals surface area contributed by atoms with E-state index in [2.05, 4.69) is 5.10 Å². The van der Waals surface area contributed by atoms with Crippen molar-refractivity contribution >= 4 is 15.7 Å². The second kappa shape index (κ2) is 8.74. The zero-order valence-electron chi connectivity index (χ0n) is 17.9. The molecule has 1 unspecified atom stereocenters. The first-order valence-electron chi connectivity index (χ1n) is 10.9. The van der Waals surface area contributed by atoms with Crippen LogP contribution in [0.15, 0.2) is 24.4 Å². The number of rotatable bonds is 6. The van der Waals surface area contributed by atoms with Gasteiger partial charge in [0.15, 0.2) is 0 Å². The van der Waals surface area contributed by atoms with Gasteiger partial charge in [0.2, 0.25) is 0 Å². The lowest BCUT2D eigenvalue weighted by Crippen LogP contribution is -2.47. The first-order valence-corrected chi connectivity index (χ1v) is 12.3. The Kier molecular flexibility index (Phi) is 6.32. The Morgan fingerprint density at radius 2 is 1.88 bits per heavy atom. The van der Waals surface area contributed by atoms with E-state index in [0.29, 0.717) is 28.9 Å². The molecule has 1 saturated carbocycles. The number of H-pyrrole nitrogens is 1. The van der Waals surface area contributed by atoms with Crippen molar-refractivity contribution in [3.8, 4) is 0 Å². The van der Waals surface area contributed by atoms with Crippen LogP contribution in [0.2, 0.25) is 0 Å². The lowest BCUT2D eigenvalue weighted by molar-refractivity contribution is -0.0492. The van der Waals surface area contributed by atoms with Gasteiger partial charge in [0, 0.05) is 43.6 Å². The molecule has 32 heavy (non-hydrogen) atoms. The number of anilines is 1. The van der Waals surface area contributed by atoms with Crippen LogP contribution in [0.25, 0.3) is 0 Å². The standard InChI is InChI=1S/C21H28F4N4O2S/c1-27-17(11-26-27)13-29-16(10-9-15-5-2-3-6-15)12-28(32(30,31)21(23,24)25)14-18-19(22)7-4-8-20(18)29/h4,7-8,11,15-16,26H,2-3,5-6,9-10,12-14H2,1H3. The summed E-state index contributed by atoms with van der Waals surface area (Å²) in [4.78, 5) is 1.88. The molecule has 1 aromatic carbocycles. The normalized spacial score (nSPS) is 21.2. The van der Waals surface area contributed by atoms with E-state index < -0.39 is 33.9 Å². The lowest BCUT2D eigenvalue weighted by Gasteiger charge is -2.35. The van der Waals surface area contributed by atoms with Gasteiger partial charge < -0.3 is 10.00 Å². The molecule has 0 bridgehead atoms. The van der Waals surface area contributed by atoms with Gasteiger partial charge >= 0.3 is 15.5 Å². The topological polar surface area (TPSA) is 61.3 Å². The summed E-state index contributed by atoms with van der Waals surface area (Å²) in [5, 5.41) is 2.96. The number of alkyl halides is 3. The molecule has 1 aromatic heterocycles. The van der Waals surface area contributed by atoms with Gasteiger partial charge in [0.25, 0.3) is 0 Å². The highest BCUT2D eigenvalue weighted by atomic mass is 32.2. The molecule has 0 radical (unpaired) electrons. The summed E-state index contributed by atoms with van der Waals surface area (Å²) in [6.07, 6.45) is 7.58. The van der Waals surface area contributed by atoms with Crippen LogP contribution in [-0.2, 0) is 30.2 Å². The van der Waals surface area contributed by atoms with E-state index >= 15 is 0 Å². The van der Waals surface area contributed by atoms with Crippen molar-refractivity contribution in [2.45, 2.75) is 63.2 Å². The van der Waals surface area contributed by atoms with Gasteiger partial charge in [-0.15, -0.1) is 0 Å². The molecular formula is C21H28F4N4O2S. The van der Waals surface area contributed by atoms with Crippen molar-refractivity contribution in [2.75, 3.05) is 11.4 Å². The van der Waals surface area contributed by atoms with Crippen molar-refractivity contribution in [3.63, 3.8) is 0 Å². The predicted molar refractivity (Wildman–Crippen MR) is 113 cm³/mol.